The van der Waals surface area contributed by atoms with Gasteiger partial charge in [0, 0.05) is 11.5 Å². The average Bonchev–Trinajstić information content (AvgIpc) is 2.68. The highest BCUT2D eigenvalue weighted by Crippen LogP contribution is 2.30. The summed E-state index contributed by atoms with van der Waals surface area (Å²) in [5.74, 6) is 8.47. The lowest BCUT2D eigenvalue weighted by Crippen LogP contribution is -2.12. The molecule has 25 heavy (non-hydrogen) atoms. The zero-order valence-electron chi connectivity index (χ0n) is 15.7. The van der Waals surface area contributed by atoms with Crippen LogP contribution < -0.4 is 0 Å². The van der Waals surface area contributed by atoms with Crippen molar-refractivity contribution >= 4 is 0 Å². The molecule has 0 spiro atoms. The fourth-order valence-corrected chi connectivity index (χ4v) is 3.80. The van der Waals surface area contributed by atoms with Gasteiger partial charge in [0.2, 0.25) is 0 Å². The molecule has 1 aliphatic carbocycles. The third-order valence-corrected chi connectivity index (χ3v) is 5.56. The molecule has 1 fully saturated rings. The fraction of sp³-hybridized carbons (Fsp3) is 0.440. The zero-order valence-corrected chi connectivity index (χ0v) is 15.7. The van der Waals surface area contributed by atoms with Crippen molar-refractivity contribution in [2.45, 2.75) is 58.8 Å². The maximum Gasteiger partial charge on any atom is 0.0245 e. The molecule has 0 radical (unpaired) electrons. The third-order valence-electron chi connectivity index (χ3n) is 5.56. The predicted molar refractivity (Wildman–Crippen MR) is 108 cm³/mol. The molecule has 0 N–H and O–H groups in total. The number of hydrogen-bond acceptors (Lipinski definition) is 0. The van der Waals surface area contributed by atoms with Gasteiger partial charge in [0.25, 0.3) is 0 Å². The molecule has 0 bridgehead atoms. The summed E-state index contributed by atoms with van der Waals surface area (Å²) >= 11 is 0. The molecule has 0 aromatic heterocycles. The minimum absolute atomic E-state index is 0.605. The summed E-state index contributed by atoms with van der Waals surface area (Å²) in [5, 5.41) is 0. The molecular weight excluding hydrogens is 300 g/mol. The van der Waals surface area contributed by atoms with Crippen LogP contribution in [0.25, 0.3) is 11.1 Å². The van der Waals surface area contributed by atoms with E-state index < -0.39 is 0 Å². The Balaban J connectivity index is 1.62. The van der Waals surface area contributed by atoms with E-state index in [2.05, 4.69) is 74.2 Å². The van der Waals surface area contributed by atoms with Crippen LogP contribution in [-0.2, 0) is 6.42 Å². The summed E-state index contributed by atoms with van der Waals surface area (Å²) in [4.78, 5) is 0. The topological polar surface area (TPSA) is 0 Å². The van der Waals surface area contributed by atoms with E-state index in [0.717, 1.165) is 17.9 Å². The molecule has 0 unspecified atom stereocenters. The van der Waals surface area contributed by atoms with Gasteiger partial charge >= 0.3 is 0 Å². The van der Waals surface area contributed by atoms with E-state index in [-0.39, 0.29) is 0 Å². The quantitative estimate of drug-likeness (QED) is 0.536. The standard InChI is InChI=1S/C25H30/c1-3-5-21-12-16-24(17-13-21)25-18-14-23(15-19-25)11-10-22-8-6-20(4-2)7-9-22/h12-20,22H,3-9H2,1-2H3. The second-order valence-corrected chi connectivity index (χ2v) is 7.42. The van der Waals surface area contributed by atoms with Crippen LogP contribution >= 0.6 is 0 Å². The molecule has 3 rings (SSSR count). The van der Waals surface area contributed by atoms with Gasteiger partial charge in [0.1, 0.15) is 0 Å². The Labute approximate surface area is 153 Å². The lowest BCUT2D eigenvalue weighted by molar-refractivity contribution is 0.309. The summed E-state index contributed by atoms with van der Waals surface area (Å²) in [6.45, 7) is 4.54. The van der Waals surface area contributed by atoms with Crippen LogP contribution in [-0.4, -0.2) is 0 Å². The molecule has 0 heteroatoms. The van der Waals surface area contributed by atoms with Gasteiger partial charge in [-0.15, -0.1) is 0 Å². The van der Waals surface area contributed by atoms with Crippen molar-refractivity contribution < 1.29 is 0 Å². The second-order valence-electron chi connectivity index (χ2n) is 7.42. The van der Waals surface area contributed by atoms with E-state index in [9.17, 15) is 0 Å². The van der Waals surface area contributed by atoms with Crippen molar-refractivity contribution in [1.82, 2.24) is 0 Å². The average molecular weight is 331 g/mol. The van der Waals surface area contributed by atoms with E-state index in [4.69, 9.17) is 0 Å². The highest BCUT2D eigenvalue weighted by atomic mass is 14.2. The van der Waals surface area contributed by atoms with Crippen LogP contribution in [0.3, 0.4) is 0 Å². The first-order valence-corrected chi connectivity index (χ1v) is 9.99. The molecule has 1 aliphatic rings. The van der Waals surface area contributed by atoms with E-state index in [1.54, 1.807) is 0 Å². The van der Waals surface area contributed by atoms with Crippen LogP contribution in [0, 0.1) is 23.7 Å². The maximum atomic E-state index is 3.51. The highest BCUT2D eigenvalue weighted by Gasteiger charge is 2.17. The Morgan fingerprint density at radius 2 is 1.40 bits per heavy atom. The number of benzene rings is 2. The summed E-state index contributed by atoms with van der Waals surface area (Å²) in [5.41, 5.74) is 5.13. The Kier molecular flexibility index (Phi) is 6.35. The van der Waals surface area contributed by atoms with Gasteiger partial charge in [-0.2, -0.15) is 0 Å². The smallest absolute Gasteiger partial charge is 0.0245 e. The predicted octanol–water partition coefficient (Wildman–Crippen LogP) is 6.87. The molecule has 2 aromatic carbocycles. The third kappa shape index (κ3) is 4.99. The summed E-state index contributed by atoms with van der Waals surface area (Å²) in [6, 6.07) is 17.7. The van der Waals surface area contributed by atoms with Gasteiger partial charge in [0.05, 0.1) is 0 Å². The first kappa shape index (κ1) is 17.8. The number of rotatable bonds is 4. The Morgan fingerprint density at radius 3 is 1.96 bits per heavy atom. The van der Waals surface area contributed by atoms with Gasteiger partial charge < -0.3 is 0 Å². The van der Waals surface area contributed by atoms with Crippen molar-refractivity contribution in [3.05, 3.63) is 59.7 Å². The summed E-state index contributed by atoms with van der Waals surface area (Å²) in [7, 11) is 0. The maximum absolute atomic E-state index is 3.51. The second kappa shape index (κ2) is 8.91. The zero-order chi connectivity index (χ0) is 17.5. The molecule has 0 atom stereocenters. The lowest BCUT2D eigenvalue weighted by atomic mass is 9.81. The minimum atomic E-state index is 0.605. The molecule has 0 amide bonds. The number of hydrogen-bond donors (Lipinski definition) is 0. The van der Waals surface area contributed by atoms with E-state index in [1.807, 2.05) is 0 Å². The van der Waals surface area contributed by atoms with Crippen molar-refractivity contribution in [3.63, 3.8) is 0 Å². The molecule has 0 aliphatic heterocycles. The molecule has 0 nitrogen and oxygen atoms in total. The largest absolute Gasteiger partial charge is 0.0945 e. The van der Waals surface area contributed by atoms with Crippen LogP contribution in [0.15, 0.2) is 48.5 Å². The Bertz CT molecular complexity index is 701. The van der Waals surface area contributed by atoms with E-state index >= 15 is 0 Å². The van der Waals surface area contributed by atoms with Gasteiger partial charge in [-0.1, -0.05) is 74.9 Å². The van der Waals surface area contributed by atoms with Crippen molar-refractivity contribution in [3.8, 4) is 23.0 Å². The Morgan fingerprint density at radius 1 is 0.800 bits per heavy atom. The summed E-state index contributed by atoms with van der Waals surface area (Å²) < 4.78 is 0. The van der Waals surface area contributed by atoms with Gasteiger partial charge in [-0.3, -0.25) is 0 Å². The first-order chi connectivity index (χ1) is 12.3. The molecular formula is C25H30. The van der Waals surface area contributed by atoms with Crippen molar-refractivity contribution in [2.24, 2.45) is 11.8 Å². The molecule has 130 valence electrons. The molecule has 1 saturated carbocycles. The van der Waals surface area contributed by atoms with E-state index in [0.29, 0.717) is 5.92 Å². The highest BCUT2D eigenvalue weighted by molar-refractivity contribution is 5.64. The lowest BCUT2D eigenvalue weighted by Gasteiger charge is -2.24. The van der Waals surface area contributed by atoms with Crippen molar-refractivity contribution in [1.29, 1.82) is 0 Å². The SMILES string of the molecule is CCCc1ccc(-c2ccc(C#CC3CCC(CC)CC3)cc2)cc1. The van der Waals surface area contributed by atoms with Gasteiger partial charge in [-0.25, -0.2) is 0 Å². The van der Waals surface area contributed by atoms with Gasteiger partial charge in [0.15, 0.2) is 0 Å². The first-order valence-electron chi connectivity index (χ1n) is 9.99. The summed E-state index contributed by atoms with van der Waals surface area (Å²) in [6.07, 6.45) is 9.00. The minimum Gasteiger partial charge on any atom is -0.0945 e. The van der Waals surface area contributed by atoms with Gasteiger partial charge in [-0.05, 0) is 66.8 Å². The molecule has 0 heterocycles. The van der Waals surface area contributed by atoms with Crippen LogP contribution in [0.1, 0.15) is 63.5 Å². The van der Waals surface area contributed by atoms with E-state index in [1.165, 1.54) is 55.2 Å². The normalized spacial score (nSPS) is 19.9. The van der Waals surface area contributed by atoms with Crippen LogP contribution in [0.5, 0.6) is 0 Å². The number of aryl methyl sites for hydroxylation is 1. The van der Waals surface area contributed by atoms with Crippen LogP contribution in [0.4, 0.5) is 0 Å². The van der Waals surface area contributed by atoms with Crippen LogP contribution in [0.2, 0.25) is 0 Å². The monoisotopic (exact) mass is 330 g/mol. The fourth-order valence-electron chi connectivity index (χ4n) is 3.80. The Hall–Kier alpha value is -2.00. The van der Waals surface area contributed by atoms with Crippen molar-refractivity contribution in [2.75, 3.05) is 0 Å². The molecule has 2 aromatic rings. The molecule has 0 saturated heterocycles.